The number of phenols is 1. The lowest BCUT2D eigenvalue weighted by molar-refractivity contribution is 0.443. The normalized spacial score (nSPS) is 13.7. The van der Waals surface area contributed by atoms with E-state index in [1.807, 2.05) is 0 Å². The molecule has 0 saturated heterocycles. The van der Waals surface area contributed by atoms with Crippen molar-refractivity contribution in [1.29, 1.82) is 1.43 Å². The number of benzene rings is 4. The molecule has 0 aliphatic heterocycles. The maximum Gasteiger partial charge on any atom is 0.293 e. The summed E-state index contributed by atoms with van der Waals surface area (Å²) in [6.07, 6.45) is 9.72. The van der Waals surface area contributed by atoms with Gasteiger partial charge >= 0.3 is 0 Å². The summed E-state index contributed by atoms with van der Waals surface area (Å²) in [5, 5.41) is 7.78. The summed E-state index contributed by atoms with van der Waals surface area (Å²) in [5.41, 5.74) is 9.62. The van der Waals surface area contributed by atoms with Gasteiger partial charge in [-0.1, -0.05) is 162 Å². The number of aromatic hydroxyl groups is 1. The van der Waals surface area contributed by atoms with E-state index in [1.165, 1.54) is 44.2 Å². The number of hydrogen-bond acceptors (Lipinski definition) is 1. The average Bonchev–Trinajstić information content (AvgIpc) is 2.93. The van der Waals surface area contributed by atoms with E-state index in [4.69, 9.17) is 6.54 Å². The van der Waals surface area contributed by atoms with E-state index < -0.39 is 0 Å². The van der Waals surface area contributed by atoms with Crippen LogP contribution in [0, 0.1) is 0 Å². The van der Waals surface area contributed by atoms with E-state index in [2.05, 4.69) is 174 Å². The molecule has 4 rings (SSSR count). The Morgan fingerprint density at radius 3 is 1.61 bits per heavy atom. The third-order valence-corrected chi connectivity index (χ3v) is 8.58. The molecule has 0 heterocycles. The molecule has 4 aromatic carbocycles. The van der Waals surface area contributed by atoms with Crippen molar-refractivity contribution < 1.29 is 5.11 Å². The molecule has 0 amide bonds. The standard InChI is InChI=1S/C43H54O/c1-40(2,3)35-22-29(23-36(27-35)41(4,5)6)16-15-19-32-24-30-17-13-14-18-31(30)25-33(32)20-21-34-26-37(42(7,8)9)28-38(39(34)44)43(10,11)12/h13-18,20-28,44H,19H2,1-12H3/b16-15+,21-20+/i/hH. The van der Waals surface area contributed by atoms with Gasteiger partial charge in [-0.05, 0) is 84.4 Å². The highest BCUT2D eigenvalue weighted by molar-refractivity contribution is 5.88. The van der Waals surface area contributed by atoms with Gasteiger partial charge in [0.25, 0.3) is 1.43 Å². The van der Waals surface area contributed by atoms with E-state index in [0.29, 0.717) is 5.75 Å². The smallest absolute Gasteiger partial charge is 0.293 e. The molecule has 0 fully saturated rings. The van der Waals surface area contributed by atoms with E-state index in [1.54, 1.807) is 0 Å². The first-order chi connectivity index (χ1) is 20.8. The minimum absolute atomic E-state index is 0.0286. The first-order valence-corrected chi connectivity index (χ1v) is 16.1. The molecule has 0 saturated carbocycles. The molecule has 0 unspecified atom stereocenters. The van der Waals surface area contributed by atoms with Crippen LogP contribution in [0.25, 0.3) is 29.0 Å². The van der Waals surface area contributed by atoms with Crippen LogP contribution in [0.2, 0.25) is 0 Å². The Kier molecular flexibility index (Phi) is 8.74. The van der Waals surface area contributed by atoms with E-state index in [-0.39, 0.29) is 21.7 Å². The molecule has 0 aliphatic rings. The van der Waals surface area contributed by atoms with E-state index in [0.717, 1.165) is 17.5 Å². The van der Waals surface area contributed by atoms with Crippen molar-refractivity contribution in [3.05, 3.63) is 117 Å². The van der Waals surface area contributed by atoms with Gasteiger partial charge in [0.2, 0.25) is 0 Å². The molecule has 0 atom stereocenters. The van der Waals surface area contributed by atoms with E-state index in [9.17, 15) is 0 Å². The van der Waals surface area contributed by atoms with Crippen molar-refractivity contribution in [3.63, 3.8) is 0 Å². The number of phenolic OH excluding ortho intramolecular Hbond substituents is 1. The molecule has 232 valence electrons. The molecule has 0 spiro atoms. The van der Waals surface area contributed by atoms with Crippen LogP contribution >= 0.6 is 0 Å². The highest BCUT2D eigenvalue weighted by Gasteiger charge is 2.24. The summed E-state index contributed by atoms with van der Waals surface area (Å²) in [6, 6.07) is 24.6. The fraction of sp³-hybridized carbons (Fsp3) is 0.395. The van der Waals surface area contributed by atoms with Crippen LogP contribution in [0.15, 0.2) is 72.8 Å². The predicted octanol–water partition coefficient (Wildman–Crippen LogP) is 12.2. The minimum atomic E-state index is -0.156. The summed E-state index contributed by atoms with van der Waals surface area (Å²) < 4.78 is 8.00. The Bertz CT molecular complexity index is 1690. The van der Waals surface area contributed by atoms with Crippen molar-refractivity contribution in [2.75, 3.05) is 0 Å². The van der Waals surface area contributed by atoms with Crippen LogP contribution < -0.4 is 0 Å². The van der Waals surface area contributed by atoms with Crippen LogP contribution in [-0.2, 0) is 28.1 Å². The molecule has 4 aromatic rings. The lowest BCUT2D eigenvalue weighted by Gasteiger charge is -2.27. The lowest BCUT2D eigenvalue weighted by atomic mass is 9.79. The molecule has 0 aliphatic carbocycles. The Morgan fingerprint density at radius 1 is 0.568 bits per heavy atom. The SMILES string of the molecule is [1H]Oc1c(/C=C/c2cc3ccccc3cc2C/C=C/c2cc(C(C)(C)C)cc(C(C)(C)C)c2)cc(C(C)(C)C)cc1C(C)(C)C. The number of fused-ring (bicyclic) bond motifs is 1. The van der Waals surface area contributed by atoms with Crippen molar-refractivity contribution in [3.8, 4) is 5.75 Å². The minimum Gasteiger partial charge on any atom is -0.507 e. The first-order valence-electron chi connectivity index (χ1n) is 16.5. The summed E-state index contributed by atoms with van der Waals surface area (Å²) in [6.45, 7) is 27.0. The zero-order valence-corrected chi connectivity index (χ0v) is 29.3. The highest BCUT2D eigenvalue weighted by atomic mass is 16.3. The van der Waals surface area contributed by atoms with Crippen LogP contribution in [0.1, 0.15) is 128 Å². The molecule has 0 bridgehead atoms. The fourth-order valence-corrected chi connectivity index (χ4v) is 5.52. The van der Waals surface area contributed by atoms with Gasteiger partial charge in [-0.15, -0.1) is 0 Å². The zero-order valence-electron chi connectivity index (χ0n) is 30.3. The topological polar surface area (TPSA) is 20.2 Å². The van der Waals surface area contributed by atoms with Gasteiger partial charge < -0.3 is 5.11 Å². The van der Waals surface area contributed by atoms with Crippen molar-refractivity contribution in [2.24, 2.45) is 0 Å². The number of hydrogen-bond donors (Lipinski definition) is 1. The third-order valence-electron chi connectivity index (χ3n) is 8.58. The van der Waals surface area contributed by atoms with Crippen molar-refractivity contribution >= 4 is 29.0 Å². The predicted molar refractivity (Wildman–Crippen MR) is 195 cm³/mol. The van der Waals surface area contributed by atoms with Gasteiger partial charge in [-0.3, -0.25) is 0 Å². The van der Waals surface area contributed by atoms with Gasteiger partial charge in [0, 0.05) is 11.1 Å². The summed E-state index contributed by atoms with van der Waals surface area (Å²) in [5.74, 6) is 0.627. The monoisotopic (exact) mass is 586 g/mol. The molecule has 1 nitrogen and oxygen atoms in total. The Hall–Kier alpha value is -3.58. The maximum atomic E-state index is 8.00. The Morgan fingerprint density at radius 2 is 1.09 bits per heavy atom. The van der Waals surface area contributed by atoms with Crippen molar-refractivity contribution in [2.45, 2.75) is 111 Å². The second kappa shape index (κ2) is 12.1. The molecule has 1 heteroatoms. The second-order valence-corrected chi connectivity index (χ2v) is 16.6. The largest absolute Gasteiger partial charge is 0.507 e. The van der Waals surface area contributed by atoms with Gasteiger partial charge in [0.1, 0.15) is 5.75 Å². The van der Waals surface area contributed by atoms with Gasteiger partial charge in [-0.2, -0.15) is 0 Å². The van der Waals surface area contributed by atoms with Gasteiger partial charge in [0.15, 0.2) is 0 Å². The molecule has 44 heavy (non-hydrogen) atoms. The fourth-order valence-electron chi connectivity index (χ4n) is 5.52. The third kappa shape index (κ3) is 7.92. The maximum absolute atomic E-state index is 8.00. The van der Waals surface area contributed by atoms with Gasteiger partial charge in [-0.25, -0.2) is 0 Å². The molecular formula is C43H54O. The summed E-state index contributed by atoms with van der Waals surface area (Å²) >= 11 is 0. The summed E-state index contributed by atoms with van der Waals surface area (Å²) in [4.78, 5) is 0. The molecule has 0 aromatic heterocycles. The molecular weight excluding hydrogens is 532 g/mol. The first kappa shape index (κ1) is 31.8. The second-order valence-electron chi connectivity index (χ2n) is 16.6. The molecule has 1 N–H and O–H groups in total. The average molecular weight is 587 g/mol. The van der Waals surface area contributed by atoms with Crippen LogP contribution in [0.5, 0.6) is 5.75 Å². The Labute approximate surface area is 269 Å². The van der Waals surface area contributed by atoms with Crippen LogP contribution in [-0.4, -0.2) is 6.54 Å². The van der Waals surface area contributed by atoms with Crippen LogP contribution in [0.3, 0.4) is 0 Å². The van der Waals surface area contributed by atoms with E-state index >= 15 is 0 Å². The zero-order chi connectivity index (χ0) is 33.4. The molecule has 0 radical (unpaired) electrons. The number of rotatable bonds is 6. The highest BCUT2D eigenvalue weighted by Crippen LogP contribution is 2.39. The van der Waals surface area contributed by atoms with Crippen molar-refractivity contribution in [1.82, 2.24) is 0 Å². The summed E-state index contributed by atoms with van der Waals surface area (Å²) in [7, 11) is 0. The quantitative estimate of drug-likeness (QED) is 0.223. The number of allylic oxidation sites excluding steroid dienone is 1. The van der Waals surface area contributed by atoms with Crippen LogP contribution in [0.4, 0.5) is 0 Å². The Balaban J connectivity index is 1.79. The van der Waals surface area contributed by atoms with Gasteiger partial charge in [0.05, 0.1) is 0 Å². The lowest BCUT2D eigenvalue weighted by Crippen LogP contribution is -2.17.